The lowest BCUT2D eigenvalue weighted by atomic mass is 10.0. The number of hydrogen-bond acceptors (Lipinski definition) is 9. The first-order valence-electron chi connectivity index (χ1n) is 15.9. The van der Waals surface area contributed by atoms with Crippen LogP contribution in [-0.2, 0) is 0 Å². The number of anilines is 4. The normalized spacial score (nSPS) is 13.5. The van der Waals surface area contributed by atoms with E-state index in [0.717, 1.165) is 18.8 Å². The maximum absolute atomic E-state index is 13.1. The van der Waals surface area contributed by atoms with Gasteiger partial charge in [-0.3, -0.25) is 4.79 Å². The largest absolute Gasteiger partial charge is 0.486 e. The molecule has 8 nitrogen and oxygen atoms in total. The van der Waals surface area contributed by atoms with Crippen molar-refractivity contribution in [3.8, 4) is 11.5 Å². The summed E-state index contributed by atoms with van der Waals surface area (Å²) in [5, 5.41) is 3.86. The number of ether oxygens (including phenoxy) is 2. The summed E-state index contributed by atoms with van der Waals surface area (Å²) in [4.78, 5) is 22.6. The lowest BCUT2D eigenvalue weighted by molar-refractivity contribution is 0.104. The molecule has 2 aromatic carbocycles. The molecule has 2 aliphatic heterocycles. The Labute approximate surface area is 264 Å². The second-order valence-electron chi connectivity index (χ2n) is 9.48. The fraction of sp³-hybridized carbons (Fsp3) is 0.529. The van der Waals surface area contributed by atoms with Gasteiger partial charge in [-0.25, -0.2) is 4.98 Å². The topological polar surface area (TPSA) is 93.0 Å². The molecular weight excluding hydrogens is 558 g/mol. The van der Waals surface area contributed by atoms with Crippen LogP contribution in [0.4, 0.5) is 22.3 Å². The van der Waals surface area contributed by atoms with Crippen LogP contribution in [0, 0.1) is 0 Å². The maximum atomic E-state index is 13.1. The molecule has 1 saturated heterocycles. The molecule has 9 heteroatoms. The minimum atomic E-state index is -0.184. The first-order valence-corrected chi connectivity index (χ1v) is 16.7. The number of nitrogens with one attached hydrogen (secondary N) is 1. The summed E-state index contributed by atoms with van der Waals surface area (Å²) in [6.45, 7) is 19.3. The summed E-state index contributed by atoms with van der Waals surface area (Å²) in [5.41, 5.74) is 8.71. The Morgan fingerprint density at radius 3 is 2.07 bits per heavy atom. The Morgan fingerprint density at radius 1 is 0.953 bits per heavy atom. The Hall–Kier alpha value is -3.30. The second kappa shape index (κ2) is 20.6. The van der Waals surface area contributed by atoms with E-state index >= 15 is 0 Å². The first-order chi connectivity index (χ1) is 20.9. The smallest absolute Gasteiger partial charge is 0.206 e. The van der Waals surface area contributed by atoms with Gasteiger partial charge in [0.05, 0.1) is 0 Å². The molecule has 0 amide bonds. The van der Waals surface area contributed by atoms with Crippen LogP contribution in [0.1, 0.15) is 89.9 Å². The van der Waals surface area contributed by atoms with E-state index in [4.69, 9.17) is 15.2 Å². The number of nitrogens with two attached hydrogens (primary N) is 1. The van der Waals surface area contributed by atoms with Crippen LogP contribution in [0.5, 0.6) is 11.5 Å². The van der Waals surface area contributed by atoms with Gasteiger partial charge in [0, 0.05) is 36.1 Å². The molecule has 0 bridgehead atoms. The number of benzene rings is 2. The van der Waals surface area contributed by atoms with Gasteiger partial charge < -0.3 is 30.3 Å². The standard InChI is InChI=1S/C25H29N5O3S.C3H8.3C2H6/c1-29(2)18-9-11-30(12-10-18)19-6-4-17(5-7-19)27-25-28-24(26)23(34-25)22(31)16-3-8-20-21(15-16)33-14-13-32-20;1-3-2;3*1-2/h3-8,15,18H,9-14,26H2,1-2H3,(H,27,28);3H2,1-2H3;3*1-2H3. The zero-order chi connectivity index (χ0) is 32.4. The van der Waals surface area contributed by atoms with E-state index in [-0.39, 0.29) is 11.6 Å². The van der Waals surface area contributed by atoms with E-state index in [9.17, 15) is 4.79 Å². The van der Waals surface area contributed by atoms with Gasteiger partial charge in [-0.2, -0.15) is 0 Å². The highest BCUT2D eigenvalue weighted by Gasteiger charge is 2.22. The van der Waals surface area contributed by atoms with Gasteiger partial charge >= 0.3 is 0 Å². The summed E-state index contributed by atoms with van der Waals surface area (Å²) < 4.78 is 11.1. The van der Waals surface area contributed by atoms with Crippen molar-refractivity contribution in [2.45, 2.75) is 80.7 Å². The van der Waals surface area contributed by atoms with Crippen LogP contribution in [0.3, 0.4) is 0 Å². The predicted molar refractivity (Wildman–Crippen MR) is 186 cm³/mol. The van der Waals surface area contributed by atoms with Crippen LogP contribution in [0.15, 0.2) is 42.5 Å². The van der Waals surface area contributed by atoms with Crippen LogP contribution in [0.25, 0.3) is 0 Å². The van der Waals surface area contributed by atoms with E-state index in [1.165, 1.54) is 36.3 Å². The van der Waals surface area contributed by atoms with Gasteiger partial charge in [0.25, 0.3) is 0 Å². The number of nitrogen functional groups attached to an aromatic ring is 1. The summed E-state index contributed by atoms with van der Waals surface area (Å²) >= 11 is 1.25. The van der Waals surface area contributed by atoms with Gasteiger partial charge in [0.15, 0.2) is 16.6 Å². The molecule has 3 heterocycles. The van der Waals surface area contributed by atoms with E-state index in [0.29, 0.717) is 46.3 Å². The third-order valence-corrected chi connectivity index (χ3v) is 7.33. The van der Waals surface area contributed by atoms with Crippen molar-refractivity contribution < 1.29 is 14.3 Å². The SMILES string of the molecule is CC.CC.CC.CCC.CN(C)C1CCN(c2ccc(Nc3nc(N)c(C(=O)c4ccc5c(c4)OCCO5)s3)cc2)CC1. The van der Waals surface area contributed by atoms with Crippen molar-refractivity contribution in [3.63, 3.8) is 0 Å². The molecule has 0 aliphatic carbocycles. The molecule has 2 aliphatic rings. The lowest BCUT2D eigenvalue weighted by Gasteiger charge is -2.36. The van der Waals surface area contributed by atoms with Crippen molar-refractivity contribution in [2.24, 2.45) is 0 Å². The molecule has 240 valence electrons. The number of ketones is 1. The highest BCUT2D eigenvalue weighted by atomic mass is 32.1. The minimum Gasteiger partial charge on any atom is -0.486 e. The monoisotopic (exact) mass is 613 g/mol. The van der Waals surface area contributed by atoms with Gasteiger partial charge in [-0.15, -0.1) is 0 Å². The molecule has 0 atom stereocenters. The molecule has 5 rings (SSSR count). The van der Waals surface area contributed by atoms with Crippen LogP contribution in [0.2, 0.25) is 0 Å². The molecule has 0 saturated carbocycles. The van der Waals surface area contributed by atoms with Gasteiger partial charge in [0.2, 0.25) is 5.78 Å². The third kappa shape index (κ3) is 11.0. The maximum Gasteiger partial charge on any atom is 0.206 e. The van der Waals surface area contributed by atoms with Gasteiger partial charge in [-0.1, -0.05) is 73.1 Å². The third-order valence-electron chi connectivity index (χ3n) is 6.34. The molecule has 0 unspecified atom stereocenters. The number of carbonyl (C=O) groups is 1. The Kier molecular flexibility index (Phi) is 18.1. The fourth-order valence-corrected chi connectivity index (χ4v) is 5.25. The average molecular weight is 614 g/mol. The number of carbonyl (C=O) groups excluding carboxylic acids is 1. The number of nitrogens with zero attached hydrogens (tertiary/aromatic N) is 3. The van der Waals surface area contributed by atoms with E-state index in [1.807, 2.05) is 53.7 Å². The Balaban J connectivity index is 0.000000934. The molecule has 3 N–H and O–H groups in total. The van der Waals surface area contributed by atoms with E-state index in [2.05, 4.69) is 60.2 Å². The molecule has 1 aromatic heterocycles. The highest BCUT2D eigenvalue weighted by molar-refractivity contribution is 7.18. The molecule has 1 fully saturated rings. The van der Waals surface area contributed by atoms with Crippen LogP contribution >= 0.6 is 11.3 Å². The number of piperidine rings is 1. The van der Waals surface area contributed by atoms with E-state index in [1.54, 1.807) is 18.2 Å². The average Bonchev–Trinajstić information content (AvgIpc) is 3.43. The summed E-state index contributed by atoms with van der Waals surface area (Å²) in [6, 6.07) is 14.1. The Bertz CT molecular complexity index is 1190. The number of thiazole rings is 1. The van der Waals surface area contributed by atoms with Crippen molar-refractivity contribution in [2.75, 3.05) is 56.3 Å². The molecular formula is C34H55N5O3S. The van der Waals surface area contributed by atoms with E-state index < -0.39 is 0 Å². The summed E-state index contributed by atoms with van der Waals surface area (Å²) in [6.07, 6.45) is 3.59. The summed E-state index contributed by atoms with van der Waals surface area (Å²) in [7, 11) is 4.31. The summed E-state index contributed by atoms with van der Waals surface area (Å²) in [5.74, 6) is 1.25. The fourth-order valence-electron chi connectivity index (χ4n) is 4.38. The number of fused-ring (bicyclic) bond motifs is 1. The van der Waals surface area contributed by atoms with Crippen molar-refractivity contribution in [3.05, 3.63) is 52.9 Å². The lowest BCUT2D eigenvalue weighted by Crippen LogP contribution is -2.41. The Morgan fingerprint density at radius 2 is 1.51 bits per heavy atom. The van der Waals surface area contributed by atoms with Gasteiger partial charge in [0.1, 0.15) is 23.9 Å². The first kappa shape index (κ1) is 37.7. The molecule has 0 radical (unpaired) electrons. The van der Waals surface area contributed by atoms with Gasteiger partial charge in [-0.05, 0) is 69.4 Å². The second-order valence-corrected chi connectivity index (χ2v) is 10.5. The van der Waals surface area contributed by atoms with Crippen molar-refractivity contribution >= 4 is 39.4 Å². The van der Waals surface area contributed by atoms with Crippen molar-refractivity contribution in [1.82, 2.24) is 9.88 Å². The zero-order valence-corrected chi connectivity index (χ0v) is 28.9. The number of rotatable bonds is 6. The van der Waals surface area contributed by atoms with Crippen LogP contribution in [-0.4, -0.2) is 62.1 Å². The molecule has 3 aromatic rings. The highest BCUT2D eigenvalue weighted by Crippen LogP contribution is 2.34. The quantitative estimate of drug-likeness (QED) is 0.267. The van der Waals surface area contributed by atoms with Crippen molar-refractivity contribution in [1.29, 1.82) is 0 Å². The van der Waals surface area contributed by atoms with Crippen LogP contribution < -0.4 is 25.4 Å². The number of hydrogen-bond donors (Lipinski definition) is 2. The minimum absolute atomic E-state index is 0.184. The molecule has 0 spiro atoms. The number of aromatic nitrogens is 1. The predicted octanol–water partition coefficient (Wildman–Crippen LogP) is 8.50. The zero-order valence-electron chi connectivity index (χ0n) is 28.1. The molecule has 43 heavy (non-hydrogen) atoms.